The molecule has 0 fully saturated rings. The number of carboxylic acid groups (broad SMARTS) is 1. The van der Waals surface area contributed by atoms with E-state index in [-0.39, 0.29) is 5.76 Å². The lowest BCUT2D eigenvalue weighted by atomic mass is 10.2. The fourth-order valence-electron chi connectivity index (χ4n) is 0.888. The summed E-state index contributed by atoms with van der Waals surface area (Å²) >= 11 is 0. The predicted octanol–water partition coefficient (Wildman–Crippen LogP) is 1.18. The molecule has 9 heteroatoms. The molecule has 1 aromatic rings. The van der Waals surface area contributed by atoms with Crippen LogP contribution < -0.4 is 5.32 Å². The standard InChI is InChI=1S/C7H5F3N2O4/c1-2-3(5(13)14)4(12-16-2)11-6(15)7(8,9)10/h1H3,(H,13,14)(H,11,12,15). The number of halogens is 3. The largest absolute Gasteiger partial charge is 0.477 e. The molecule has 0 aliphatic rings. The Balaban J connectivity index is 2.99. The summed E-state index contributed by atoms with van der Waals surface area (Å²) in [4.78, 5) is 21.1. The average Bonchev–Trinajstić information content (AvgIpc) is 2.45. The maximum Gasteiger partial charge on any atom is 0.471 e. The third-order valence-electron chi connectivity index (χ3n) is 1.57. The van der Waals surface area contributed by atoms with E-state index in [1.54, 1.807) is 0 Å². The zero-order chi connectivity index (χ0) is 12.5. The summed E-state index contributed by atoms with van der Waals surface area (Å²) in [5.74, 6) is -4.84. The molecule has 0 radical (unpaired) electrons. The van der Waals surface area contributed by atoms with Crippen LogP contribution in [0.3, 0.4) is 0 Å². The van der Waals surface area contributed by atoms with Crippen molar-refractivity contribution in [1.82, 2.24) is 5.16 Å². The fourth-order valence-corrected chi connectivity index (χ4v) is 0.888. The number of alkyl halides is 3. The van der Waals surface area contributed by atoms with Gasteiger partial charge in [0.05, 0.1) is 0 Å². The molecule has 88 valence electrons. The van der Waals surface area contributed by atoms with Crippen molar-refractivity contribution in [3.8, 4) is 0 Å². The summed E-state index contributed by atoms with van der Waals surface area (Å²) in [7, 11) is 0. The Kier molecular flexibility index (Phi) is 2.88. The Morgan fingerprint density at radius 3 is 2.44 bits per heavy atom. The van der Waals surface area contributed by atoms with Crippen LogP contribution in [0.5, 0.6) is 0 Å². The molecule has 16 heavy (non-hydrogen) atoms. The van der Waals surface area contributed by atoms with Gasteiger partial charge in [0.1, 0.15) is 5.56 Å². The Morgan fingerprint density at radius 1 is 1.44 bits per heavy atom. The number of hydrogen-bond donors (Lipinski definition) is 2. The molecule has 1 rings (SSSR count). The average molecular weight is 238 g/mol. The molecule has 0 aliphatic carbocycles. The molecule has 0 saturated carbocycles. The van der Waals surface area contributed by atoms with Crippen molar-refractivity contribution < 1.29 is 32.4 Å². The van der Waals surface area contributed by atoms with Gasteiger partial charge in [-0.15, -0.1) is 0 Å². The number of aryl methyl sites for hydroxylation is 1. The van der Waals surface area contributed by atoms with E-state index in [0.29, 0.717) is 0 Å². The van der Waals surface area contributed by atoms with E-state index in [2.05, 4.69) is 9.68 Å². The van der Waals surface area contributed by atoms with Gasteiger partial charge in [-0.3, -0.25) is 10.1 Å². The van der Waals surface area contributed by atoms with Gasteiger partial charge in [-0.2, -0.15) is 13.2 Å². The molecule has 0 saturated heterocycles. The maximum absolute atomic E-state index is 11.9. The van der Waals surface area contributed by atoms with Gasteiger partial charge in [-0.1, -0.05) is 5.16 Å². The topological polar surface area (TPSA) is 92.4 Å². The lowest BCUT2D eigenvalue weighted by Crippen LogP contribution is -2.30. The Labute approximate surface area is 86.0 Å². The molecule has 0 aliphatic heterocycles. The number of nitrogens with zero attached hydrogens (tertiary/aromatic N) is 1. The first-order chi connectivity index (χ1) is 7.23. The Hall–Kier alpha value is -2.06. The van der Waals surface area contributed by atoms with E-state index in [1.807, 2.05) is 0 Å². The maximum atomic E-state index is 11.9. The minimum absolute atomic E-state index is 0.204. The molecule has 2 N–H and O–H groups in total. The van der Waals surface area contributed by atoms with Crippen LogP contribution in [0, 0.1) is 6.92 Å². The van der Waals surface area contributed by atoms with Gasteiger partial charge >= 0.3 is 18.1 Å². The molecule has 0 spiro atoms. The van der Waals surface area contributed by atoms with E-state index < -0.39 is 29.4 Å². The van der Waals surface area contributed by atoms with Gasteiger partial charge in [-0.25, -0.2) is 4.79 Å². The number of aromatic carboxylic acids is 1. The molecule has 1 aromatic heterocycles. The minimum atomic E-state index is -5.12. The van der Waals surface area contributed by atoms with Gasteiger partial charge in [0.15, 0.2) is 11.6 Å². The van der Waals surface area contributed by atoms with Crippen LogP contribution in [-0.4, -0.2) is 28.3 Å². The number of hydrogen-bond acceptors (Lipinski definition) is 4. The lowest BCUT2D eigenvalue weighted by Gasteiger charge is -2.05. The highest BCUT2D eigenvalue weighted by Gasteiger charge is 2.40. The molecule has 0 unspecified atom stereocenters. The monoisotopic (exact) mass is 238 g/mol. The van der Waals surface area contributed by atoms with Crippen LogP contribution in [0.2, 0.25) is 0 Å². The highest BCUT2D eigenvalue weighted by atomic mass is 19.4. The summed E-state index contributed by atoms with van der Waals surface area (Å²) in [6.45, 7) is 1.19. The highest BCUT2D eigenvalue weighted by Crippen LogP contribution is 2.22. The van der Waals surface area contributed by atoms with Crippen LogP contribution in [0.15, 0.2) is 4.52 Å². The molecule has 1 heterocycles. The summed E-state index contributed by atoms with van der Waals surface area (Å²) < 4.78 is 39.9. The predicted molar refractivity (Wildman–Crippen MR) is 42.9 cm³/mol. The van der Waals surface area contributed by atoms with Gasteiger partial charge in [0, 0.05) is 0 Å². The summed E-state index contributed by atoms with van der Waals surface area (Å²) in [6, 6.07) is 0. The van der Waals surface area contributed by atoms with Crippen molar-refractivity contribution in [1.29, 1.82) is 0 Å². The van der Waals surface area contributed by atoms with Crippen molar-refractivity contribution in [2.24, 2.45) is 0 Å². The second-order valence-corrected chi connectivity index (χ2v) is 2.72. The highest BCUT2D eigenvalue weighted by molar-refractivity contribution is 6.01. The van der Waals surface area contributed by atoms with Gasteiger partial charge in [0.2, 0.25) is 0 Å². The minimum Gasteiger partial charge on any atom is -0.477 e. The molecule has 6 nitrogen and oxygen atoms in total. The number of aromatic nitrogens is 1. The first-order valence-electron chi connectivity index (χ1n) is 3.81. The smallest absolute Gasteiger partial charge is 0.471 e. The van der Waals surface area contributed by atoms with Crippen molar-refractivity contribution in [2.45, 2.75) is 13.1 Å². The van der Waals surface area contributed by atoms with E-state index >= 15 is 0 Å². The number of anilines is 1. The van der Waals surface area contributed by atoms with Crippen molar-refractivity contribution >= 4 is 17.7 Å². The number of rotatable bonds is 2. The molecule has 0 bridgehead atoms. The first kappa shape index (κ1) is 12.0. The first-order valence-corrected chi connectivity index (χ1v) is 3.81. The van der Waals surface area contributed by atoms with E-state index in [9.17, 15) is 22.8 Å². The third kappa shape index (κ3) is 2.30. The second kappa shape index (κ2) is 3.83. The van der Waals surface area contributed by atoms with Gasteiger partial charge in [0.25, 0.3) is 0 Å². The zero-order valence-electron chi connectivity index (χ0n) is 7.75. The van der Waals surface area contributed by atoms with Crippen molar-refractivity contribution in [2.75, 3.05) is 5.32 Å². The normalized spacial score (nSPS) is 11.2. The SMILES string of the molecule is Cc1onc(NC(=O)C(F)(F)F)c1C(=O)O. The quantitative estimate of drug-likeness (QED) is 0.806. The van der Waals surface area contributed by atoms with Crippen LogP contribution >= 0.6 is 0 Å². The van der Waals surface area contributed by atoms with Crippen LogP contribution in [0.4, 0.5) is 19.0 Å². The molecule has 1 amide bonds. The third-order valence-corrected chi connectivity index (χ3v) is 1.57. The van der Waals surface area contributed by atoms with Gasteiger partial charge in [-0.05, 0) is 6.92 Å². The number of nitrogens with one attached hydrogen (secondary N) is 1. The Bertz CT molecular complexity index is 437. The van der Waals surface area contributed by atoms with Crippen LogP contribution in [0.1, 0.15) is 16.1 Å². The van der Waals surface area contributed by atoms with E-state index in [0.717, 1.165) is 0 Å². The molecule has 0 aromatic carbocycles. The summed E-state index contributed by atoms with van der Waals surface area (Å²) in [6.07, 6.45) is -5.12. The zero-order valence-corrected chi connectivity index (χ0v) is 7.75. The lowest BCUT2D eigenvalue weighted by molar-refractivity contribution is -0.167. The summed E-state index contributed by atoms with van der Waals surface area (Å²) in [5, 5.41) is 12.9. The van der Waals surface area contributed by atoms with Gasteiger partial charge < -0.3 is 9.63 Å². The molecular formula is C7H5F3N2O4. The Morgan fingerprint density at radius 2 is 2.00 bits per heavy atom. The van der Waals surface area contributed by atoms with E-state index in [1.165, 1.54) is 12.2 Å². The van der Waals surface area contributed by atoms with Crippen LogP contribution in [-0.2, 0) is 4.79 Å². The van der Waals surface area contributed by atoms with E-state index in [4.69, 9.17) is 5.11 Å². The number of amides is 1. The van der Waals surface area contributed by atoms with Crippen molar-refractivity contribution in [3.63, 3.8) is 0 Å². The fraction of sp³-hybridized carbons (Fsp3) is 0.286. The molecule has 0 atom stereocenters. The number of carbonyl (C=O) groups is 2. The second-order valence-electron chi connectivity index (χ2n) is 2.72. The van der Waals surface area contributed by atoms with Crippen LogP contribution in [0.25, 0.3) is 0 Å². The number of carbonyl (C=O) groups excluding carboxylic acids is 1. The summed E-state index contributed by atoms with van der Waals surface area (Å²) in [5.41, 5.74) is -0.613. The molecular weight excluding hydrogens is 233 g/mol. The van der Waals surface area contributed by atoms with Crippen molar-refractivity contribution in [3.05, 3.63) is 11.3 Å². The number of carboxylic acids is 1.